The SMILES string of the molecule is CC1CSCCN1C(=O)Nc1cccc(OCC(=O)O)c1. The predicted octanol–water partition coefficient (Wildman–Crippen LogP) is 2.12. The number of nitrogens with one attached hydrogen (secondary N) is 1. The molecule has 1 unspecified atom stereocenters. The fraction of sp³-hybridized carbons (Fsp3) is 0.429. The molecule has 1 aliphatic heterocycles. The van der Waals surface area contributed by atoms with Gasteiger partial charge in [-0.3, -0.25) is 0 Å². The second-order valence-electron chi connectivity index (χ2n) is 4.76. The number of carboxylic acid groups (broad SMARTS) is 1. The third kappa shape index (κ3) is 4.56. The summed E-state index contributed by atoms with van der Waals surface area (Å²) in [5.41, 5.74) is 0.591. The molecule has 0 bridgehead atoms. The van der Waals surface area contributed by atoms with Crippen LogP contribution in [0.15, 0.2) is 24.3 Å². The van der Waals surface area contributed by atoms with E-state index in [4.69, 9.17) is 9.84 Å². The minimum atomic E-state index is -1.04. The molecular weight excluding hydrogens is 292 g/mol. The molecule has 114 valence electrons. The van der Waals surface area contributed by atoms with Gasteiger partial charge in [0.25, 0.3) is 0 Å². The molecule has 1 heterocycles. The maximum absolute atomic E-state index is 12.2. The Hall–Kier alpha value is -1.89. The predicted molar refractivity (Wildman–Crippen MR) is 82.1 cm³/mol. The first-order chi connectivity index (χ1) is 10.1. The van der Waals surface area contributed by atoms with E-state index in [0.717, 1.165) is 18.1 Å². The Morgan fingerprint density at radius 3 is 3.05 bits per heavy atom. The minimum absolute atomic E-state index is 0.141. The van der Waals surface area contributed by atoms with Crippen LogP contribution in [0.25, 0.3) is 0 Å². The van der Waals surface area contributed by atoms with Crippen molar-refractivity contribution in [3.05, 3.63) is 24.3 Å². The second kappa shape index (κ2) is 7.21. The fourth-order valence-electron chi connectivity index (χ4n) is 2.03. The highest BCUT2D eigenvalue weighted by molar-refractivity contribution is 7.99. The fourth-order valence-corrected chi connectivity index (χ4v) is 3.05. The van der Waals surface area contributed by atoms with Crippen LogP contribution < -0.4 is 10.1 Å². The van der Waals surface area contributed by atoms with Crippen LogP contribution in [0.3, 0.4) is 0 Å². The average Bonchev–Trinajstić information content (AvgIpc) is 2.46. The van der Waals surface area contributed by atoms with Gasteiger partial charge in [-0.2, -0.15) is 11.8 Å². The van der Waals surface area contributed by atoms with Gasteiger partial charge in [-0.1, -0.05) is 6.07 Å². The maximum Gasteiger partial charge on any atom is 0.341 e. The molecular formula is C14H18N2O4S. The zero-order chi connectivity index (χ0) is 15.2. The number of thioether (sulfide) groups is 1. The Kier molecular flexibility index (Phi) is 5.32. The van der Waals surface area contributed by atoms with E-state index in [0.29, 0.717) is 11.4 Å². The Balaban J connectivity index is 1.97. The summed E-state index contributed by atoms with van der Waals surface area (Å²) in [5, 5.41) is 11.4. The molecule has 1 aromatic carbocycles. The summed E-state index contributed by atoms with van der Waals surface area (Å²) < 4.78 is 5.09. The van der Waals surface area contributed by atoms with Crippen molar-refractivity contribution in [2.24, 2.45) is 0 Å². The van der Waals surface area contributed by atoms with E-state index >= 15 is 0 Å². The summed E-state index contributed by atoms with van der Waals surface area (Å²) in [6.07, 6.45) is 0. The molecule has 1 fully saturated rings. The molecule has 2 N–H and O–H groups in total. The number of hydrogen-bond acceptors (Lipinski definition) is 4. The van der Waals surface area contributed by atoms with E-state index in [-0.39, 0.29) is 12.1 Å². The molecule has 21 heavy (non-hydrogen) atoms. The highest BCUT2D eigenvalue weighted by atomic mass is 32.2. The van der Waals surface area contributed by atoms with E-state index in [2.05, 4.69) is 5.32 Å². The molecule has 1 aliphatic rings. The summed E-state index contributed by atoms with van der Waals surface area (Å²) in [6.45, 7) is 2.35. The van der Waals surface area contributed by atoms with Gasteiger partial charge in [0.2, 0.25) is 0 Å². The molecule has 0 saturated carbocycles. The van der Waals surface area contributed by atoms with Gasteiger partial charge in [0.15, 0.2) is 6.61 Å². The van der Waals surface area contributed by atoms with Crippen molar-refractivity contribution in [3.8, 4) is 5.75 Å². The van der Waals surface area contributed by atoms with E-state index in [1.165, 1.54) is 0 Å². The number of aliphatic carboxylic acids is 1. The number of carbonyl (C=O) groups is 2. The third-order valence-corrected chi connectivity index (χ3v) is 4.27. The molecule has 6 nitrogen and oxygen atoms in total. The standard InChI is InChI=1S/C14H18N2O4S/c1-10-9-21-6-5-16(10)14(19)15-11-3-2-4-12(7-11)20-8-13(17)18/h2-4,7,10H,5-6,8-9H2,1H3,(H,15,19)(H,17,18). The number of amides is 2. The molecule has 1 atom stereocenters. The molecule has 0 aromatic heterocycles. The monoisotopic (exact) mass is 310 g/mol. The zero-order valence-corrected chi connectivity index (χ0v) is 12.6. The molecule has 1 aromatic rings. The highest BCUT2D eigenvalue weighted by Crippen LogP contribution is 2.20. The summed E-state index contributed by atoms with van der Waals surface area (Å²) in [5.74, 6) is 1.26. The van der Waals surface area contributed by atoms with Gasteiger partial charge in [0.05, 0.1) is 0 Å². The number of ether oxygens (including phenoxy) is 1. The summed E-state index contributed by atoms with van der Waals surface area (Å²) in [4.78, 5) is 24.5. The first kappa shape index (κ1) is 15.5. The van der Waals surface area contributed by atoms with Gasteiger partial charge in [-0.25, -0.2) is 9.59 Å². The zero-order valence-electron chi connectivity index (χ0n) is 11.7. The van der Waals surface area contributed by atoms with Crippen LogP contribution in [0.4, 0.5) is 10.5 Å². The van der Waals surface area contributed by atoms with Gasteiger partial charge in [-0.05, 0) is 19.1 Å². The second-order valence-corrected chi connectivity index (χ2v) is 5.91. The van der Waals surface area contributed by atoms with Crippen molar-refractivity contribution >= 4 is 29.4 Å². The van der Waals surface area contributed by atoms with E-state index in [1.807, 2.05) is 18.7 Å². The van der Waals surface area contributed by atoms with Crippen molar-refractivity contribution in [2.75, 3.05) is 30.0 Å². The summed E-state index contributed by atoms with van der Waals surface area (Å²) in [6, 6.07) is 6.79. The van der Waals surface area contributed by atoms with Gasteiger partial charge < -0.3 is 20.1 Å². The lowest BCUT2D eigenvalue weighted by atomic mass is 10.3. The Morgan fingerprint density at radius 2 is 2.33 bits per heavy atom. The lowest BCUT2D eigenvalue weighted by Gasteiger charge is -2.33. The summed E-state index contributed by atoms with van der Waals surface area (Å²) in [7, 11) is 0. The largest absolute Gasteiger partial charge is 0.482 e. The Labute approximate surface area is 127 Å². The topological polar surface area (TPSA) is 78.9 Å². The quantitative estimate of drug-likeness (QED) is 0.890. The lowest BCUT2D eigenvalue weighted by molar-refractivity contribution is -0.139. The van der Waals surface area contributed by atoms with Gasteiger partial charge >= 0.3 is 12.0 Å². The first-order valence-electron chi connectivity index (χ1n) is 6.66. The van der Waals surface area contributed by atoms with Crippen LogP contribution in [0.5, 0.6) is 5.75 Å². The molecule has 0 radical (unpaired) electrons. The molecule has 7 heteroatoms. The molecule has 2 rings (SSSR count). The number of hydrogen-bond donors (Lipinski definition) is 2. The van der Waals surface area contributed by atoms with Gasteiger partial charge in [0, 0.05) is 35.8 Å². The van der Waals surface area contributed by atoms with Crippen LogP contribution in [-0.4, -0.2) is 52.7 Å². The van der Waals surface area contributed by atoms with Crippen LogP contribution >= 0.6 is 11.8 Å². The molecule has 1 saturated heterocycles. The van der Waals surface area contributed by atoms with Crippen molar-refractivity contribution < 1.29 is 19.4 Å². The third-order valence-electron chi connectivity index (χ3n) is 3.08. The molecule has 0 spiro atoms. The number of benzene rings is 1. The van der Waals surface area contributed by atoms with Crippen LogP contribution in [0.2, 0.25) is 0 Å². The van der Waals surface area contributed by atoms with Crippen molar-refractivity contribution in [3.63, 3.8) is 0 Å². The van der Waals surface area contributed by atoms with Crippen LogP contribution in [0, 0.1) is 0 Å². The number of nitrogens with zero attached hydrogens (tertiary/aromatic N) is 1. The average molecular weight is 310 g/mol. The van der Waals surface area contributed by atoms with E-state index in [1.54, 1.807) is 29.2 Å². The number of rotatable bonds is 4. The lowest BCUT2D eigenvalue weighted by Crippen LogP contribution is -2.46. The van der Waals surface area contributed by atoms with Crippen molar-refractivity contribution in [2.45, 2.75) is 13.0 Å². The van der Waals surface area contributed by atoms with E-state index in [9.17, 15) is 9.59 Å². The van der Waals surface area contributed by atoms with Gasteiger partial charge in [-0.15, -0.1) is 0 Å². The van der Waals surface area contributed by atoms with Crippen LogP contribution in [-0.2, 0) is 4.79 Å². The van der Waals surface area contributed by atoms with Crippen LogP contribution in [0.1, 0.15) is 6.92 Å². The van der Waals surface area contributed by atoms with Crippen molar-refractivity contribution in [1.82, 2.24) is 4.90 Å². The molecule has 0 aliphatic carbocycles. The Bertz CT molecular complexity index is 523. The van der Waals surface area contributed by atoms with E-state index < -0.39 is 12.6 Å². The van der Waals surface area contributed by atoms with Crippen molar-refractivity contribution in [1.29, 1.82) is 0 Å². The number of urea groups is 1. The highest BCUT2D eigenvalue weighted by Gasteiger charge is 2.23. The minimum Gasteiger partial charge on any atom is -0.482 e. The van der Waals surface area contributed by atoms with Gasteiger partial charge in [0.1, 0.15) is 5.75 Å². The smallest absolute Gasteiger partial charge is 0.341 e. The Morgan fingerprint density at radius 1 is 1.52 bits per heavy atom. The normalized spacial score (nSPS) is 18.1. The number of carboxylic acids is 1. The first-order valence-corrected chi connectivity index (χ1v) is 7.82. The number of carbonyl (C=O) groups excluding carboxylic acids is 1. The molecule has 2 amide bonds. The maximum atomic E-state index is 12.2. The summed E-state index contributed by atoms with van der Waals surface area (Å²) >= 11 is 1.84. The number of anilines is 1.